The highest BCUT2D eigenvalue weighted by Gasteiger charge is 2.18. The van der Waals surface area contributed by atoms with Gasteiger partial charge in [0, 0.05) is 38.5 Å². The van der Waals surface area contributed by atoms with E-state index in [-0.39, 0.29) is 31.7 Å². The van der Waals surface area contributed by atoms with Gasteiger partial charge in [-0.15, -0.1) is 31.7 Å². The zero-order chi connectivity index (χ0) is 25.3. The molecule has 0 aromatic carbocycles. The van der Waals surface area contributed by atoms with Gasteiger partial charge in [0.1, 0.15) is 0 Å². The van der Waals surface area contributed by atoms with Crippen LogP contribution in [0.3, 0.4) is 0 Å². The van der Waals surface area contributed by atoms with Gasteiger partial charge in [-0.3, -0.25) is 0 Å². The zero-order valence-corrected chi connectivity index (χ0v) is 23.8. The highest BCUT2D eigenvalue weighted by atomic mass is 31.1. The maximum Gasteiger partial charge on any atom is 0.0625 e. The van der Waals surface area contributed by atoms with Gasteiger partial charge < -0.3 is 0 Å². The fourth-order valence-electron chi connectivity index (χ4n) is 3.44. The Morgan fingerprint density at radius 2 is 0.412 bits per heavy atom. The number of hydrogen-bond acceptors (Lipinski definition) is 6. The maximum atomic E-state index is 9.00. The van der Waals surface area contributed by atoms with Gasteiger partial charge in [-0.1, -0.05) is 0 Å². The van der Waals surface area contributed by atoms with Gasteiger partial charge in [0.15, 0.2) is 0 Å². The first-order valence-corrected chi connectivity index (χ1v) is 19.3. The van der Waals surface area contributed by atoms with Crippen molar-refractivity contribution in [3.63, 3.8) is 0 Å². The van der Waals surface area contributed by atoms with E-state index in [1.807, 2.05) is 0 Å². The summed E-state index contributed by atoms with van der Waals surface area (Å²) in [6, 6.07) is 13.6. The summed E-state index contributed by atoms with van der Waals surface area (Å²) in [6.07, 6.45) is 15.8. The Hall–Kier alpha value is -1.34. The van der Waals surface area contributed by atoms with Crippen molar-refractivity contribution in [3.8, 4) is 36.4 Å². The Balaban J connectivity index is 5.15. The lowest BCUT2D eigenvalue weighted by Crippen LogP contribution is -2.08. The van der Waals surface area contributed by atoms with E-state index in [9.17, 15) is 0 Å². The summed E-state index contributed by atoms with van der Waals surface area (Å²) in [4.78, 5) is 0. The van der Waals surface area contributed by atoms with Crippen molar-refractivity contribution < 1.29 is 0 Å². The first-order chi connectivity index (χ1) is 16.6. The number of nitriles is 6. The quantitative estimate of drug-likeness (QED) is 0.157. The van der Waals surface area contributed by atoms with Crippen LogP contribution in [0.5, 0.6) is 0 Å². The lowest BCUT2D eigenvalue weighted by Gasteiger charge is -2.26. The van der Waals surface area contributed by atoms with Gasteiger partial charge in [0.05, 0.1) is 36.4 Å². The summed E-state index contributed by atoms with van der Waals surface area (Å²) >= 11 is 0. The molecule has 0 saturated heterocycles. The lowest BCUT2D eigenvalue weighted by molar-refractivity contribution is 1.15. The van der Waals surface area contributed by atoms with Crippen LogP contribution in [-0.2, 0) is 0 Å². The van der Waals surface area contributed by atoms with Crippen molar-refractivity contribution in [2.45, 2.75) is 38.5 Å². The Bertz CT molecular complexity index is 622. The van der Waals surface area contributed by atoms with Crippen LogP contribution in [-0.4, -0.2) is 73.9 Å². The molecular weight excluding hydrogens is 496 g/mol. The van der Waals surface area contributed by atoms with Gasteiger partial charge in [-0.25, -0.2) is 0 Å². The fraction of sp³-hybridized carbons (Fsp3) is 0.750. The average Bonchev–Trinajstić information content (AvgIpc) is 2.86. The molecule has 0 saturated carbocycles. The molecule has 0 unspecified atom stereocenters. The molecule has 0 aliphatic rings. The third-order valence-corrected chi connectivity index (χ3v) is 16.8. The molecule has 0 fully saturated rings. The van der Waals surface area contributed by atoms with Crippen LogP contribution in [0, 0.1) is 68.0 Å². The van der Waals surface area contributed by atoms with Crippen molar-refractivity contribution >= 4 is 31.7 Å². The molecule has 0 aliphatic carbocycles. The monoisotopic (exact) mass is 532 g/mol. The predicted octanol–water partition coefficient (Wildman–Crippen LogP) is 6.40. The van der Waals surface area contributed by atoms with E-state index in [2.05, 4.69) is 36.4 Å². The number of rotatable bonds is 21. The topological polar surface area (TPSA) is 143 Å². The fourth-order valence-corrected chi connectivity index (χ4v) is 15.4. The molecule has 0 amide bonds. The largest absolute Gasteiger partial charge is 0.198 e. The SMILES string of the molecule is N#CCCP(CCC#N)CCP(CCP(CCC#N)CCC#N)CCP(CCC#N)CCC#N. The van der Waals surface area contributed by atoms with E-state index < -0.39 is 0 Å². The molecule has 0 aromatic heterocycles. The lowest BCUT2D eigenvalue weighted by atomic mass is 10.5. The van der Waals surface area contributed by atoms with E-state index >= 15 is 0 Å². The van der Waals surface area contributed by atoms with Crippen LogP contribution in [0.2, 0.25) is 0 Å². The summed E-state index contributed by atoms with van der Waals surface area (Å²) in [6.45, 7) is 0. The minimum Gasteiger partial charge on any atom is -0.198 e. The van der Waals surface area contributed by atoms with Crippen molar-refractivity contribution in [2.75, 3.05) is 73.9 Å². The van der Waals surface area contributed by atoms with Crippen molar-refractivity contribution in [1.29, 1.82) is 31.6 Å². The average molecular weight is 532 g/mol. The van der Waals surface area contributed by atoms with Gasteiger partial charge in [0.2, 0.25) is 0 Å². The minimum absolute atomic E-state index is 0.197. The predicted molar refractivity (Wildman–Crippen MR) is 147 cm³/mol. The second-order valence-electron chi connectivity index (χ2n) is 7.82. The maximum absolute atomic E-state index is 9.00. The standard InChI is InChI=1S/C24H36N6P4/c25-7-1-13-31(14-2-8-26)19-22-34(23-20-32(15-3-9-27)16-4-10-28)24-21-33(17-5-11-29)18-6-12-30/h1-6,13-24H2. The molecule has 34 heavy (non-hydrogen) atoms. The van der Waals surface area contributed by atoms with Gasteiger partial charge >= 0.3 is 0 Å². The Labute approximate surface area is 211 Å². The molecule has 0 rings (SSSR count). The molecule has 0 spiro atoms. The second kappa shape index (κ2) is 24.8. The summed E-state index contributed by atoms with van der Waals surface area (Å²) in [7, 11) is -1.05. The molecule has 10 heteroatoms. The molecule has 0 heterocycles. The van der Waals surface area contributed by atoms with Crippen LogP contribution in [0.15, 0.2) is 0 Å². The zero-order valence-electron chi connectivity index (χ0n) is 20.2. The number of nitrogens with zero attached hydrogens (tertiary/aromatic N) is 6. The van der Waals surface area contributed by atoms with E-state index in [0.717, 1.165) is 73.9 Å². The molecule has 0 radical (unpaired) electrons. The van der Waals surface area contributed by atoms with Crippen LogP contribution in [0.4, 0.5) is 0 Å². The van der Waals surface area contributed by atoms with E-state index in [1.165, 1.54) is 0 Å². The van der Waals surface area contributed by atoms with E-state index in [1.54, 1.807) is 0 Å². The smallest absolute Gasteiger partial charge is 0.0625 e. The molecule has 0 bridgehead atoms. The van der Waals surface area contributed by atoms with E-state index in [4.69, 9.17) is 31.6 Å². The van der Waals surface area contributed by atoms with Gasteiger partial charge in [0.25, 0.3) is 0 Å². The Morgan fingerprint density at radius 3 is 0.559 bits per heavy atom. The molecule has 6 nitrogen and oxygen atoms in total. The second-order valence-corrected chi connectivity index (χ2v) is 18.5. The molecular formula is C24H36N6P4. The first kappa shape index (κ1) is 32.7. The normalized spacial score (nSPS) is 10.4. The van der Waals surface area contributed by atoms with Crippen molar-refractivity contribution in [2.24, 2.45) is 0 Å². The minimum atomic E-state index is -0.285. The number of hydrogen-bond donors (Lipinski definition) is 0. The Morgan fingerprint density at radius 1 is 0.265 bits per heavy atom. The Kier molecular flexibility index (Phi) is 23.8. The summed E-state index contributed by atoms with van der Waals surface area (Å²) in [5.41, 5.74) is 0. The summed E-state index contributed by atoms with van der Waals surface area (Å²) in [5, 5.41) is 54.0. The highest BCUT2D eigenvalue weighted by Crippen LogP contribution is 2.49. The van der Waals surface area contributed by atoms with Crippen LogP contribution < -0.4 is 0 Å². The van der Waals surface area contributed by atoms with Crippen LogP contribution >= 0.6 is 31.7 Å². The van der Waals surface area contributed by atoms with Crippen LogP contribution in [0.1, 0.15) is 38.5 Å². The molecule has 0 N–H and O–H groups in total. The first-order valence-electron chi connectivity index (χ1n) is 11.8. The highest BCUT2D eigenvalue weighted by molar-refractivity contribution is 7.64. The van der Waals surface area contributed by atoms with Crippen molar-refractivity contribution in [1.82, 2.24) is 0 Å². The van der Waals surface area contributed by atoms with Gasteiger partial charge in [-0.05, 0) is 73.9 Å². The third-order valence-electron chi connectivity index (χ3n) is 5.44. The van der Waals surface area contributed by atoms with Gasteiger partial charge in [-0.2, -0.15) is 31.6 Å². The van der Waals surface area contributed by atoms with E-state index in [0.29, 0.717) is 38.5 Å². The molecule has 0 atom stereocenters. The molecule has 182 valence electrons. The summed E-state index contributed by atoms with van der Waals surface area (Å²) in [5.74, 6) is 0. The molecule has 0 aromatic rings. The third kappa shape index (κ3) is 19.0. The van der Waals surface area contributed by atoms with Crippen LogP contribution in [0.25, 0.3) is 0 Å². The summed E-state index contributed by atoms with van der Waals surface area (Å²) < 4.78 is 0. The molecule has 0 aliphatic heterocycles. The van der Waals surface area contributed by atoms with Crippen molar-refractivity contribution in [3.05, 3.63) is 0 Å².